The van der Waals surface area contributed by atoms with Gasteiger partial charge in [0.05, 0.1) is 10.0 Å². The zero-order valence-electron chi connectivity index (χ0n) is 10.4. The van der Waals surface area contributed by atoms with E-state index in [1.165, 1.54) is 0 Å². The molecule has 0 aliphatic rings. The van der Waals surface area contributed by atoms with Gasteiger partial charge in [-0.15, -0.1) is 0 Å². The number of carbonyl (C=O) groups is 1. The van der Waals surface area contributed by atoms with Gasteiger partial charge in [0.2, 0.25) is 0 Å². The van der Waals surface area contributed by atoms with Crippen molar-refractivity contribution in [3.05, 3.63) is 63.1 Å². The third kappa shape index (κ3) is 4.41. The summed E-state index contributed by atoms with van der Waals surface area (Å²) >= 11 is 17.5. The van der Waals surface area contributed by atoms with E-state index < -0.39 is 0 Å². The maximum atomic E-state index is 11.8. The third-order valence-corrected chi connectivity index (χ3v) is 3.59. The molecule has 2 nitrogen and oxygen atoms in total. The first-order chi connectivity index (χ1) is 9.54. The number of rotatable bonds is 5. The third-order valence-electron chi connectivity index (χ3n) is 2.60. The average molecular weight is 330 g/mol. The van der Waals surface area contributed by atoms with E-state index in [2.05, 4.69) is 0 Å². The average Bonchev–Trinajstić information content (AvgIpc) is 2.42. The summed E-state index contributed by atoms with van der Waals surface area (Å²) in [6, 6.07) is 12.0. The second kappa shape index (κ2) is 6.98. The number of benzene rings is 2. The molecule has 0 saturated carbocycles. The lowest BCUT2D eigenvalue weighted by Gasteiger charge is -2.06. The monoisotopic (exact) mass is 328 g/mol. The second-order valence-corrected chi connectivity index (χ2v) is 5.46. The number of carbonyl (C=O) groups excluding carboxylic acids is 1. The van der Waals surface area contributed by atoms with E-state index in [0.717, 1.165) is 5.56 Å². The minimum atomic E-state index is -0.0432. The number of Topliss-reactive ketones (excluding diaryl/α,β-unsaturated/α-hetero) is 1. The molecule has 0 aliphatic carbocycles. The first kappa shape index (κ1) is 15.2. The fourth-order valence-corrected chi connectivity index (χ4v) is 2.07. The van der Waals surface area contributed by atoms with Crippen LogP contribution in [-0.4, -0.2) is 12.4 Å². The largest absolute Gasteiger partial charge is 0.486 e. The van der Waals surface area contributed by atoms with Gasteiger partial charge in [-0.2, -0.15) is 0 Å². The smallest absolute Gasteiger partial charge is 0.174 e. The number of hydrogen-bond donors (Lipinski definition) is 0. The summed E-state index contributed by atoms with van der Waals surface area (Å²) in [5.41, 5.74) is 0.809. The highest BCUT2D eigenvalue weighted by Gasteiger charge is 2.07. The summed E-state index contributed by atoms with van der Waals surface area (Å²) < 4.78 is 5.38. The van der Waals surface area contributed by atoms with E-state index >= 15 is 0 Å². The lowest BCUT2D eigenvalue weighted by atomic mass is 10.1. The van der Waals surface area contributed by atoms with E-state index in [1.807, 2.05) is 0 Å². The second-order valence-electron chi connectivity index (χ2n) is 4.21. The molecule has 0 unspecified atom stereocenters. The molecule has 2 aromatic carbocycles. The molecule has 0 heterocycles. The van der Waals surface area contributed by atoms with Gasteiger partial charge in [0.25, 0.3) is 0 Å². The van der Waals surface area contributed by atoms with Crippen molar-refractivity contribution in [3.8, 4) is 5.75 Å². The van der Waals surface area contributed by atoms with E-state index in [1.54, 1.807) is 42.5 Å². The van der Waals surface area contributed by atoms with Gasteiger partial charge in [0.15, 0.2) is 5.78 Å². The Balaban J connectivity index is 1.89. The van der Waals surface area contributed by atoms with Crippen LogP contribution in [0.2, 0.25) is 15.1 Å². The maximum Gasteiger partial charge on any atom is 0.174 e. The van der Waals surface area contributed by atoms with Crippen molar-refractivity contribution in [2.45, 2.75) is 6.42 Å². The zero-order valence-corrected chi connectivity index (χ0v) is 12.7. The van der Waals surface area contributed by atoms with Crippen LogP contribution in [0.1, 0.15) is 5.56 Å². The fraction of sp³-hybridized carbons (Fsp3) is 0.133. The molecule has 2 rings (SSSR count). The summed E-state index contributed by atoms with van der Waals surface area (Å²) in [6.45, 7) is 0.00186. The molecule has 0 atom stereocenters. The first-order valence-corrected chi connectivity index (χ1v) is 7.02. The molecule has 0 aromatic heterocycles. The Morgan fingerprint density at radius 1 is 0.950 bits per heavy atom. The van der Waals surface area contributed by atoms with Gasteiger partial charge < -0.3 is 4.74 Å². The molecular formula is C15H11Cl3O2. The highest BCUT2D eigenvalue weighted by atomic mass is 35.5. The van der Waals surface area contributed by atoms with E-state index in [0.29, 0.717) is 20.8 Å². The van der Waals surface area contributed by atoms with E-state index in [4.69, 9.17) is 39.5 Å². The van der Waals surface area contributed by atoms with Crippen LogP contribution in [0.25, 0.3) is 0 Å². The van der Waals surface area contributed by atoms with Crippen LogP contribution in [0.3, 0.4) is 0 Å². The molecule has 20 heavy (non-hydrogen) atoms. The Bertz CT molecular complexity index is 609. The predicted molar refractivity (Wildman–Crippen MR) is 82.1 cm³/mol. The van der Waals surface area contributed by atoms with Gasteiger partial charge in [-0.25, -0.2) is 0 Å². The Morgan fingerprint density at radius 2 is 1.65 bits per heavy atom. The van der Waals surface area contributed by atoms with Gasteiger partial charge in [-0.1, -0.05) is 40.9 Å². The molecule has 2 aromatic rings. The molecule has 0 amide bonds. The van der Waals surface area contributed by atoms with Gasteiger partial charge in [0, 0.05) is 11.4 Å². The quantitative estimate of drug-likeness (QED) is 0.785. The van der Waals surface area contributed by atoms with Crippen molar-refractivity contribution >= 4 is 40.6 Å². The van der Waals surface area contributed by atoms with Gasteiger partial charge in [-0.3, -0.25) is 4.79 Å². The summed E-state index contributed by atoms with van der Waals surface area (Å²) in [5, 5.41) is 1.54. The summed E-state index contributed by atoms with van der Waals surface area (Å²) in [5.74, 6) is 0.565. The van der Waals surface area contributed by atoms with E-state index in [-0.39, 0.29) is 18.8 Å². The van der Waals surface area contributed by atoms with Crippen molar-refractivity contribution in [1.29, 1.82) is 0 Å². The van der Waals surface area contributed by atoms with Crippen molar-refractivity contribution in [3.63, 3.8) is 0 Å². The van der Waals surface area contributed by atoms with Crippen molar-refractivity contribution < 1.29 is 9.53 Å². The molecule has 0 aliphatic heterocycles. The van der Waals surface area contributed by atoms with Crippen molar-refractivity contribution in [1.82, 2.24) is 0 Å². The molecular weight excluding hydrogens is 319 g/mol. The molecule has 0 fully saturated rings. The fourth-order valence-electron chi connectivity index (χ4n) is 1.62. The molecule has 0 bridgehead atoms. The SMILES string of the molecule is O=C(COc1ccc(Cl)cc1)Cc1ccc(Cl)c(Cl)c1. The Hall–Kier alpha value is -1.22. The number of ether oxygens (including phenoxy) is 1. The topological polar surface area (TPSA) is 26.3 Å². The number of ketones is 1. The summed E-state index contributed by atoms with van der Waals surface area (Å²) in [7, 11) is 0. The Morgan fingerprint density at radius 3 is 2.30 bits per heavy atom. The number of hydrogen-bond acceptors (Lipinski definition) is 2. The van der Waals surface area contributed by atoms with Crippen LogP contribution < -0.4 is 4.74 Å². The minimum Gasteiger partial charge on any atom is -0.486 e. The lowest BCUT2D eigenvalue weighted by Crippen LogP contribution is -2.13. The predicted octanol–water partition coefficient (Wildman–Crippen LogP) is 4.84. The van der Waals surface area contributed by atoms with Crippen LogP contribution in [0.15, 0.2) is 42.5 Å². The Labute approximate surface area is 132 Å². The highest BCUT2D eigenvalue weighted by Crippen LogP contribution is 2.23. The maximum absolute atomic E-state index is 11.8. The lowest BCUT2D eigenvalue weighted by molar-refractivity contribution is -0.120. The zero-order chi connectivity index (χ0) is 14.5. The molecule has 0 spiro atoms. The van der Waals surface area contributed by atoms with Crippen LogP contribution in [-0.2, 0) is 11.2 Å². The van der Waals surface area contributed by atoms with Crippen LogP contribution in [0.4, 0.5) is 0 Å². The summed E-state index contributed by atoms with van der Waals surface area (Å²) in [6.07, 6.45) is 0.254. The van der Waals surface area contributed by atoms with Crippen LogP contribution in [0, 0.1) is 0 Å². The van der Waals surface area contributed by atoms with E-state index in [9.17, 15) is 4.79 Å². The van der Waals surface area contributed by atoms with Gasteiger partial charge in [0.1, 0.15) is 12.4 Å². The summed E-state index contributed by atoms with van der Waals surface area (Å²) in [4.78, 5) is 11.8. The van der Waals surface area contributed by atoms with Crippen molar-refractivity contribution in [2.75, 3.05) is 6.61 Å². The van der Waals surface area contributed by atoms with Crippen LogP contribution in [0.5, 0.6) is 5.75 Å². The number of halogens is 3. The first-order valence-electron chi connectivity index (χ1n) is 5.88. The standard InChI is InChI=1S/C15H11Cl3O2/c16-11-2-4-13(5-3-11)20-9-12(19)7-10-1-6-14(17)15(18)8-10/h1-6,8H,7,9H2. The molecule has 104 valence electrons. The minimum absolute atomic E-state index is 0.00186. The highest BCUT2D eigenvalue weighted by molar-refractivity contribution is 6.42. The van der Waals surface area contributed by atoms with Gasteiger partial charge in [-0.05, 0) is 42.0 Å². The normalized spacial score (nSPS) is 10.3. The van der Waals surface area contributed by atoms with Gasteiger partial charge >= 0.3 is 0 Å². The molecule has 0 saturated heterocycles. The Kier molecular flexibility index (Phi) is 5.30. The molecule has 5 heteroatoms. The molecule has 0 radical (unpaired) electrons. The van der Waals surface area contributed by atoms with Crippen molar-refractivity contribution in [2.24, 2.45) is 0 Å². The molecule has 0 N–H and O–H groups in total. The van der Waals surface area contributed by atoms with Crippen LogP contribution >= 0.6 is 34.8 Å².